The normalized spacial score (nSPS) is 29.2. The molecule has 2 aromatic rings. The van der Waals surface area contributed by atoms with Crippen molar-refractivity contribution >= 4 is 17.5 Å². The molecule has 4 aliphatic heterocycles. The Bertz CT molecular complexity index is 1210. The number of rotatable bonds is 3. The minimum atomic E-state index is -0.609. The van der Waals surface area contributed by atoms with Gasteiger partial charge in [-0.2, -0.15) is 0 Å². The van der Waals surface area contributed by atoms with Crippen LogP contribution in [-0.4, -0.2) is 76.8 Å². The SMILES string of the molecule is CC1(C)CC(C2Oc3ccc(C(=O)N4CC[C@H](N5CCc6ccccc6C5)[C@@H](O)C4)cc3NC2=O)CO1. The van der Waals surface area contributed by atoms with Crippen LogP contribution in [0.4, 0.5) is 5.69 Å². The Hall–Kier alpha value is -2.94. The lowest BCUT2D eigenvalue weighted by Crippen LogP contribution is -2.56. The van der Waals surface area contributed by atoms with E-state index in [0.717, 1.165) is 32.4 Å². The summed E-state index contributed by atoms with van der Waals surface area (Å²) < 4.78 is 11.9. The van der Waals surface area contributed by atoms with Crippen LogP contribution in [0.25, 0.3) is 0 Å². The number of aliphatic hydroxyl groups is 1. The van der Waals surface area contributed by atoms with Crippen LogP contribution in [0.1, 0.15) is 48.2 Å². The minimum Gasteiger partial charge on any atom is -0.478 e. The fraction of sp³-hybridized carbons (Fsp3) is 0.517. The molecule has 2 aromatic carbocycles. The zero-order chi connectivity index (χ0) is 25.7. The zero-order valence-corrected chi connectivity index (χ0v) is 21.5. The predicted octanol–water partition coefficient (Wildman–Crippen LogP) is 2.83. The minimum absolute atomic E-state index is 0.0133. The number of piperidine rings is 1. The monoisotopic (exact) mass is 505 g/mol. The number of benzene rings is 2. The van der Waals surface area contributed by atoms with Crippen molar-refractivity contribution in [1.82, 2.24) is 9.80 Å². The van der Waals surface area contributed by atoms with Crippen LogP contribution in [0.2, 0.25) is 0 Å². The lowest BCUT2D eigenvalue weighted by atomic mass is 9.92. The number of ether oxygens (including phenoxy) is 2. The lowest BCUT2D eigenvalue weighted by molar-refractivity contribution is -0.125. The highest BCUT2D eigenvalue weighted by atomic mass is 16.5. The number of anilines is 1. The Kier molecular flexibility index (Phi) is 6.21. The number of β-amino-alcohol motifs (C(OH)–C–C–N with tert-alkyl or cyclic N) is 1. The van der Waals surface area contributed by atoms with Crippen molar-refractivity contribution in [3.05, 3.63) is 59.2 Å². The molecule has 4 heterocycles. The quantitative estimate of drug-likeness (QED) is 0.667. The van der Waals surface area contributed by atoms with Gasteiger partial charge in [0.05, 0.1) is 24.0 Å². The van der Waals surface area contributed by atoms with E-state index in [1.54, 1.807) is 23.1 Å². The van der Waals surface area contributed by atoms with E-state index in [-0.39, 0.29) is 29.4 Å². The van der Waals surface area contributed by atoms with Crippen molar-refractivity contribution in [3.63, 3.8) is 0 Å². The first-order chi connectivity index (χ1) is 17.8. The molecule has 2 N–H and O–H groups in total. The predicted molar refractivity (Wildman–Crippen MR) is 138 cm³/mol. The maximum atomic E-state index is 13.3. The number of fused-ring (bicyclic) bond motifs is 2. The average molecular weight is 506 g/mol. The van der Waals surface area contributed by atoms with Gasteiger partial charge in [0.15, 0.2) is 6.10 Å². The van der Waals surface area contributed by atoms with Gasteiger partial charge in [-0.15, -0.1) is 0 Å². The molecule has 2 amide bonds. The second-order valence-electron chi connectivity index (χ2n) is 11.4. The number of likely N-dealkylation sites (tertiary alicyclic amines) is 1. The number of nitrogens with zero attached hydrogens (tertiary/aromatic N) is 2. The fourth-order valence-corrected chi connectivity index (χ4v) is 6.36. The van der Waals surface area contributed by atoms with E-state index in [2.05, 4.69) is 34.5 Å². The molecule has 4 aliphatic rings. The zero-order valence-electron chi connectivity index (χ0n) is 21.5. The van der Waals surface area contributed by atoms with Crippen molar-refractivity contribution in [2.75, 3.05) is 31.6 Å². The topological polar surface area (TPSA) is 91.3 Å². The molecule has 37 heavy (non-hydrogen) atoms. The summed E-state index contributed by atoms with van der Waals surface area (Å²) in [5.74, 6) is 0.199. The molecule has 0 aromatic heterocycles. The van der Waals surface area contributed by atoms with Crippen LogP contribution < -0.4 is 10.1 Å². The fourth-order valence-electron chi connectivity index (χ4n) is 6.36. The summed E-state index contributed by atoms with van der Waals surface area (Å²) in [6.45, 7) is 7.15. The van der Waals surface area contributed by atoms with Gasteiger partial charge in [0.25, 0.3) is 11.8 Å². The summed E-state index contributed by atoms with van der Waals surface area (Å²) in [6, 6.07) is 13.7. The van der Waals surface area contributed by atoms with Gasteiger partial charge < -0.3 is 24.8 Å². The molecule has 6 rings (SSSR count). The number of hydrogen-bond acceptors (Lipinski definition) is 6. The van der Waals surface area contributed by atoms with Gasteiger partial charge in [0.2, 0.25) is 0 Å². The first-order valence-corrected chi connectivity index (χ1v) is 13.3. The number of nitrogens with one attached hydrogen (secondary N) is 1. The van der Waals surface area contributed by atoms with Crippen molar-refractivity contribution in [2.45, 2.75) is 63.5 Å². The van der Waals surface area contributed by atoms with Crippen molar-refractivity contribution in [2.24, 2.45) is 5.92 Å². The van der Waals surface area contributed by atoms with E-state index in [0.29, 0.717) is 36.7 Å². The largest absolute Gasteiger partial charge is 0.478 e. The van der Waals surface area contributed by atoms with Crippen LogP contribution in [0.5, 0.6) is 5.75 Å². The standard InChI is InChI=1S/C29H35N3O5/c1-29(2)14-21(17-36-29)26-27(34)30-22-13-19(7-8-25(22)37-26)28(35)32-12-10-23(24(33)16-32)31-11-9-18-5-3-4-6-20(18)15-31/h3-8,13,21,23-24,26,33H,9-12,14-17H2,1-2H3,(H,30,34)/t21?,23-,24-,26?/m0/s1. The van der Waals surface area contributed by atoms with Crippen LogP contribution in [0, 0.1) is 5.92 Å². The highest BCUT2D eigenvalue weighted by molar-refractivity contribution is 6.01. The Labute approximate surface area is 217 Å². The molecule has 0 aliphatic carbocycles. The van der Waals surface area contributed by atoms with Crippen molar-refractivity contribution in [3.8, 4) is 5.75 Å². The molecule has 4 atom stereocenters. The molecule has 0 saturated carbocycles. The number of carbonyl (C=O) groups excluding carboxylic acids is 2. The molecule has 2 saturated heterocycles. The molecular weight excluding hydrogens is 470 g/mol. The van der Waals surface area contributed by atoms with Gasteiger partial charge in [0.1, 0.15) is 5.75 Å². The summed E-state index contributed by atoms with van der Waals surface area (Å²) in [7, 11) is 0. The second-order valence-corrected chi connectivity index (χ2v) is 11.4. The summed E-state index contributed by atoms with van der Waals surface area (Å²) in [4.78, 5) is 30.2. The smallest absolute Gasteiger partial charge is 0.265 e. The first-order valence-electron chi connectivity index (χ1n) is 13.3. The van der Waals surface area contributed by atoms with Gasteiger partial charge in [0, 0.05) is 43.7 Å². The van der Waals surface area contributed by atoms with E-state index < -0.39 is 12.2 Å². The van der Waals surface area contributed by atoms with Gasteiger partial charge in [-0.1, -0.05) is 24.3 Å². The van der Waals surface area contributed by atoms with Crippen molar-refractivity contribution < 1.29 is 24.2 Å². The highest BCUT2D eigenvalue weighted by Gasteiger charge is 2.43. The van der Waals surface area contributed by atoms with E-state index in [9.17, 15) is 14.7 Å². The third-order valence-electron chi connectivity index (χ3n) is 8.33. The third-order valence-corrected chi connectivity index (χ3v) is 8.33. The second kappa shape index (κ2) is 9.42. The molecule has 2 unspecified atom stereocenters. The van der Waals surface area contributed by atoms with Gasteiger partial charge >= 0.3 is 0 Å². The highest BCUT2D eigenvalue weighted by Crippen LogP contribution is 2.38. The maximum Gasteiger partial charge on any atom is 0.265 e. The third kappa shape index (κ3) is 4.74. The molecule has 0 bridgehead atoms. The maximum absolute atomic E-state index is 13.3. The van der Waals surface area contributed by atoms with Crippen LogP contribution in [-0.2, 0) is 22.5 Å². The number of amides is 2. The van der Waals surface area contributed by atoms with Crippen LogP contribution in [0.3, 0.4) is 0 Å². The summed E-state index contributed by atoms with van der Waals surface area (Å²) in [6.07, 6.45) is 1.24. The number of aliphatic hydroxyl groups excluding tert-OH is 1. The molecular formula is C29H35N3O5. The van der Waals surface area contributed by atoms with E-state index in [1.807, 2.05) is 13.8 Å². The molecule has 0 spiro atoms. The van der Waals surface area contributed by atoms with E-state index in [1.165, 1.54) is 11.1 Å². The average Bonchev–Trinajstić information content (AvgIpc) is 3.26. The lowest BCUT2D eigenvalue weighted by Gasteiger charge is -2.43. The van der Waals surface area contributed by atoms with E-state index >= 15 is 0 Å². The van der Waals surface area contributed by atoms with Gasteiger partial charge in [-0.3, -0.25) is 14.5 Å². The Morgan fingerprint density at radius 3 is 2.70 bits per heavy atom. The summed E-state index contributed by atoms with van der Waals surface area (Å²) in [5, 5.41) is 13.9. The summed E-state index contributed by atoms with van der Waals surface area (Å²) in [5.41, 5.74) is 3.43. The Balaban J connectivity index is 1.10. The van der Waals surface area contributed by atoms with Gasteiger partial charge in [-0.25, -0.2) is 0 Å². The van der Waals surface area contributed by atoms with Gasteiger partial charge in [-0.05, 0) is 62.4 Å². The number of hydrogen-bond donors (Lipinski definition) is 2. The molecule has 0 radical (unpaired) electrons. The molecule has 8 heteroatoms. The number of carbonyl (C=O) groups is 2. The Morgan fingerprint density at radius 1 is 1.14 bits per heavy atom. The van der Waals surface area contributed by atoms with Crippen molar-refractivity contribution in [1.29, 1.82) is 0 Å². The molecule has 196 valence electrons. The first kappa shape index (κ1) is 24.4. The molecule has 8 nitrogen and oxygen atoms in total. The van der Waals surface area contributed by atoms with E-state index in [4.69, 9.17) is 9.47 Å². The summed E-state index contributed by atoms with van der Waals surface area (Å²) >= 11 is 0. The Morgan fingerprint density at radius 2 is 1.95 bits per heavy atom. The molecule has 2 fully saturated rings. The van der Waals surface area contributed by atoms with Crippen LogP contribution >= 0.6 is 0 Å². The van der Waals surface area contributed by atoms with Crippen LogP contribution in [0.15, 0.2) is 42.5 Å².